The lowest BCUT2D eigenvalue weighted by Gasteiger charge is -2.23. The van der Waals surface area contributed by atoms with Gasteiger partial charge in [-0.3, -0.25) is 4.79 Å². The van der Waals surface area contributed by atoms with Gasteiger partial charge in [0.25, 0.3) is 0 Å². The summed E-state index contributed by atoms with van der Waals surface area (Å²) in [7, 11) is -1.35. The molecule has 0 aromatic carbocycles. The summed E-state index contributed by atoms with van der Waals surface area (Å²) >= 11 is 0. The molecule has 64 valence electrons. The molecule has 0 aromatic rings. The van der Waals surface area contributed by atoms with Crippen molar-refractivity contribution in [2.45, 2.75) is 31.6 Å². The van der Waals surface area contributed by atoms with Gasteiger partial charge in [-0.2, -0.15) is 0 Å². The highest BCUT2D eigenvalue weighted by atomic mass is 28.3. The topological polar surface area (TPSA) is 37.3 Å². The zero-order valence-corrected chi connectivity index (χ0v) is 8.42. The summed E-state index contributed by atoms with van der Waals surface area (Å²) < 4.78 is 0. The molecule has 0 aliphatic rings. The van der Waals surface area contributed by atoms with Crippen molar-refractivity contribution in [2.75, 3.05) is 0 Å². The first-order chi connectivity index (χ1) is 4.88. The number of carboxylic acids is 1. The molecule has 0 saturated carbocycles. The molecule has 0 amide bonds. The van der Waals surface area contributed by atoms with E-state index >= 15 is 0 Å². The van der Waals surface area contributed by atoms with Crippen LogP contribution in [0.25, 0.3) is 0 Å². The highest BCUT2D eigenvalue weighted by Crippen LogP contribution is 2.25. The van der Waals surface area contributed by atoms with Crippen LogP contribution in [0.5, 0.6) is 0 Å². The van der Waals surface area contributed by atoms with E-state index < -0.39 is 14.0 Å². The average molecular weight is 172 g/mol. The maximum absolute atomic E-state index is 10.4. The fraction of sp³-hybridized carbons (Fsp3) is 0.625. The molecule has 0 heterocycles. The molecule has 1 N–H and O–H groups in total. The summed E-state index contributed by atoms with van der Waals surface area (Å²) in [6, 6.07) is 0. The number of hydrogen-bond acceptors (Lipinski definition) is 1. The van der Waals surface area contributed by atoms with E-state index in [4.69, 9.17) is 5.11 Å². The van der Waals surface area contributed by atoms with Gasteiger partial charge in [-0.25, -0.2) is 0 Å². The number of carboxylic acid groups (broad SMARTS) is 1. The minimum atomic E-state index is -1.35. The highest BCUT2D eigenvalue weighted by molar-refractivity contribution is 6.78. The predicted octanol–water partition coefficient (Wildman–Crippen LogP) is 2.36. The van der Waals surface area contributed by atoms with Gasteiger partial charge in [0.1, 0.15) is 0 Å². The zero-order valence-electron chi connectivity index (χ0n) is 7.42. The first-order valence-corrected chi connectivity index (χ1v) is 7.30. The average Bonchev–Trinajstić information content (AvgIpc) is 1.79. The second kappa shape index (κ2) is 3.71. The molecule has 0 saturated heterocycles. The smallest absolute Gasteiger partial charge is 0.303 e. The van der Waals surface area contributed by atoms with Crippen LogP contribution in [0.15, 0.2) is 12.7 Å². The van der Waals surface area contributed by atoms with Gasteiger partial charge >= 0.3 is 5.97 Å². The quantitative estimate of drug-likeness (QED) is 0.522. The molecule has 2 nitrogen and oxygen atoms in total. The summed E-state index contributed by atoms with van der Waals surface area (Å²) in [6.07, 6.45) is 2.01. The molecule has 0 rings (SSSR count). The van der Waals surface area contributed by atoms with Crippen LogP contribution in [0.4, 0.5) is 0 Å². The number of allylic oxidation sites excluding steroid dienone is 1. The molecule has 0 aliphatic carbocycles. The summed E-state index contributed by atoms with van der Waals surface area (Å²) in [5.74, 6) is -0.725. The van der Waals surface area contributed by atoms with Crippen molar-refractivity contribution in [3.05, 3.63) is 12.7 Å². The molecule has 11 heavy (non-hydrogen) atoms. The van der Waals surface area contributed by atoms with Crippen molar-refractivity contribution >= 4 is 14.0 Å². The highest BCUT2D eigenvalue weighted by Gasteiger charge is 2.25. The number of rotatable bonds is 4. The number of aliphatic carboxylic acids is 1. The van der Waals surface area contributed by atoms with Gasteiger partial charge in [-0.15, -0.1) is 6.58 Å². The minimum absolute atomic E-state index is 0.194. The van der Waals surface area contributed by atoms with Crippen molar-refractivity contribution in [2.24, 2.45) is 0 Å². The first-order valence-electron chi connectivity index (χ1n) is 3.72. The van der Waals surface area contributed by atoms with Gasteiger partial charge in [-0.05, 0) is 5.54 Å². The van der Waals surface area contributed by atoms with E-state index in [0.717, 1.165) is 0 Å². The Kier molecular flexibility index (Phi) is 3.52. The van der Waals surface area contributed by atoms with E-state index in [1.54, 1.807) is 6.08 Å². The standard InChI is InChI=1S/C8H16O2Si/c1-5-7(6-8(9)10)11(2,3)4/h5,7H,1,6H2,2-4H3,(H,9,10). The Morgan fingerprint density at radius 3 is 2.18 bits per heavy atom. The molecule has 0 fully saturated rings. The Hall–Kier alpha value is -0.573. The molecule has 0 bridgehead atoms. The van der Waals surface area contributed by atoms with Crippen LogP contribution in [0.2, 0.25) is 25.2 Å². The molecule has 0 aromatic heterocycles. The molecule has 0 spiro atoms. The lowest BCUT2D eigenvalue weighted by molar-refractivity contribution is -0.136. The molecular weight excluding hydrogens is 156 g/mol. The fourth-order valence-electron chi connectivity index (χ4n) is 0.931. The van der Waals surface area contributed by atoms with Gasteiger partial charge in [0.2, 0.25) is 0 Å². The number of hydrogen-bond donors (Lipinski definition) is 1. The molecular formula is C8H16O2Si. The Balaban J connectivity index is 4.18. The predicted molar refractivity (Wildman–Crippen MR) is 49.5 cm³/mol. The van der Waals surface area contributed by atoms with Gasteiger partial charge < -0.3 is 5.11 Å². The Labute approximate surface area is 68.9 Å². The molecule has 0 radical (unpaired) electrons. The lowest BCUT2D eigenvalue weighted by atomic mass is 10.3. The van der Waals surface area contributed by atoms with Crippen LogP contribution in [0.1, 0.15) is 6.42 Å². The maximum atomic E-state index is 10.4. The van der Waals surface area contributed by atoms with E-state index in [9.17, 15) is 4.79 Å². The van der Waals surface area contributed by atoms with Crippen LogP contribution in [0, 0.1) is 0 Å². The van der Waals surface area contributed by atoms with Crippen molar-refractivity contribution in [1.82, 2.24) is 0 Å². The second-order valence-corrected chi connectivity index (χ2v) is 9.28. The zero-order chi connectivity index (χ0) is 9.07. The second-order valence-electron chi connectivity index (χ2n) is 3.81. The van der Waals surface area contributed by atoms with E-state index in [1.807, 2.05) is 0 Å². The largest absolute Gasteiger partial charge is 0.481 e. The normalized spacial score (nSPS) is 14.1. The van der Waals surface area contributed by atoms with Gasteiger partial charge in [0.15, 0.2) is 0 Å². The number of carbonyl (C=O) groups is 1. The molecule has 1 atom stereocenters. The maximum Gasteiger partial charge on any atom is 0.303 e. The SMILES string of the molecule is C=CC(CC(=O)O)[Si](C)(C)C. The molecule has 3 heteroatoms. The van der Waals surface area contributed by atoms with Gasteiger partial charge in [-0.1, -0.05) is 25.7 Å². The third-order valence-corrected chi connectivity index (χ3v) is 4.46. The van der Waals surface area contributed by atoms with Crippen LogP contribution in [0.3, 0.4) is 0 Å². The lowest BCUT2D eigenvalue weighted by Crippen LogP contribution is -2.28. The fourth-order valence-corrected chi connectivity index (χ4v) is 2.43. The van der Waals surface area contributed by atoms with E-state index in [2.05, 4.69) is 26.2 Å². The van der Waals surface area contributed by atoms with E-state index in [1.165, 1.54) is 0 Å². The summed E-state index contributed by atoms with van der Waals surface area (Å²) in [4.78, 5) is 10.4. The van der Waals surface area contributed by atoms with Crippen molar-refractivity contribution in [1.29, 1.82) is 0 Å². The van der Waals surface area contributed by atoms with Crippen LogP contribution >= 0.6 is 0 Å². The third-order valence-electron chi connectivity index (χ3n) is 1.79. The van der Waals surface area contributed by atoms with Crippen LogP contribution in [-0.2, 0) is 4.79 Å². The van der Waals surface area contributed by atoms with E-state index in [0.29, 0.717) is 0 Å². The van der Waals surface area contributed by atoms with Crippen molar-refractivity contribution in [3.63, 3.8) is 0 Å². The third kappa shape index (κ3) is 3.98. The minimum Gasteiger partial charge on any atom is -0.481 e. The molecule has 0 aliphatic heterocycles. The summed E-state index contributed by atoms with van der Waals surface area (Å²) in [5, 5.41) is 8.55. The van der Waals surface area contributed by atoms with Crippen LogP contribution < -0.4 is 0 Å². The van der Waals surface area contributed by atoms with Crippen molar-refractivity contribution in [3.8, 4) is 0 Å². The molecule has 1 unspecified atom stereocenters. The van der Waals surface area contributed by atoms with Gasteiger partial charge in [0.05, 0.1) is 8.07 Å². The monoisotopic (exact) mass is 172 g/mol. The summed E-state index contributed by atoms with van der Waals surface area (Å²) in [5.41, 5.74) is 0.194. The first kappa shape index (κ1) is 10.4. The van der Waals surface area contributed by atoms with Crippen LogP contribution in [-0.4, -0.2) is 19.1 Å². The van der Waals surface area contributed by atoms with Crippen molar-refractivity contribution < 1.29 is 9.90 Å². The Morgan fingerprint density at radius 1 is 1.64 bits per heavy atom. The van der Waals surface area contributed by atoms with E-state index in [-0.39, 0.29) is 12.0 Å². The Morgan fingerprint density at radius 2 is 2.09 bits per heavy atom. The van der Waals surface area contributed by atoms with Gasteiger partial charge in [0, 0.05) is 6.42 Å². The Bertz CT molecular complexity index is 158. The summed E-state index contributed by atoms with van der Waals surface area (Å²) in [6.45, 7) is 10.1.